The summed E-state index contributed by atoms with van der Waals surface area (Å²) >= 11 is 6.18. The van der Waals surface area contributed by atoms with Crippen LogP contribution in [0.5, 0.6) is 17.4 Å². The van der Waals surface area contributed by atoms with Crippen LogP contribution in [-0.2, 0) is 54.9 Å². The van der Waals surface area contributed by atoms with Crippen molar-refractivity contribution in [2.45, 2.75) is 51.4 Å². The summed E-state index contributed by atoms with van der Waals surface area (Å²) in [6, 6.07) is 3.96. The number of amides is 2. The zero-order valence-corrected chi connectivity index (χ0v) is 34.0. The molecule has 4 aromatic heterocycles. The van der Waals surface area contributed by atoms with Crippen LogP contribution in [0.15, 0.2) is 30.9 Å². The van der Waals surface area contributed by atoms with E-state index in [9.17, 15) is 30.8 Å². The van der Waals surface area contributed by atoms with Gasteiger partial charge in [0, 0.05) is 54.9 Å². The number of aromatic amines is 2. The lowest BCUT2D eigenvalue weighted by Gasteiger charge is -2.22. The zero-order chi connectivity index (χ0) is 40.9. The van der Waals surface area contributed by atoms with E-state index in [0.717, 1.165) is 40.7 Å². The van der Waals surface area contributed by atoms with Gasteiger partial charge in [-0.15, -0.1) is 0 Å². The number of nitrogens with zero attached hydrogens (tertiary/aromatic N) is 4. The van der Waals surface area contributed by atoms with Crippen LogP contribution in [0.25, 0.3) is 22.1 Å². The van der Waals surface area contributed by atoms with Gasteiger partial charge in [-0.1, -0.05) is 11.6 Å². The number of fused-ring (bicyclic) bond motifs is 6. The summed E-state index contributed by atoms with van der Waals surface area (Å²) in [4.78, 5) is 48.4. The van der Waals surface area contributed by atoms with Gasteiger partial charge >= 0.3 is 0 Å². The first-order valence-electron chi connectivity index (χ1n) is 18.4. The van der Waals surface area contributed by atoms with E-state index in [1.807, 2.05) is 0 Å². The Morgan fingerprint density at radius 1 is 0.807 bits per heavy atom. The fraction of sp³-hybridized carbons (Fsp3) is 0.459. The van der Waals surface area contributed by atoms with Crippen molar-refractivity contribution in [2.75, 3.05) is 44.2 Å². The van der Waals surface area contributed by atoms with E-state index in [1.165, 1.54) is 50.5 Å². The number of halogens is 2. The number of benzene rings is 1. The second-order valence-electron chi connectivity index (χ2n) is 14.3. The molecular weight excluding hydrogens is 803 g/mol. The number of aromatic nitrogens is 6. The van der Waals surface area contributed by atoms with Crippen molar-refractivity contribution >= 4 is 65.2 Å². The number of nitrogens with one attached hydrogen (secondary N) is 4. The molecule has 0 bridgehead atoms. The maximum atomic E-state index is 13.6. The van der Waals surface area contributed by atoms with Gasteiger partial charge in [-0.2, -0.15) is 0 Å². The van der Waals surface area contributed by atoms with Gasteiger partial charge in [0.2, 0.25) is 17.7 Å². The van der Waals surface area contributed by atoms with E-state index < -0.39 is 25.5 Å². The number of carbonyl (C=O) groups excluding carboxylic acids is 2. The zero-order valence-electron chi connectivity index (χ0n) is 31.7. The fourth-order valence-corrected chi connectivity index (χ4v) is 8.73. The highest BCUT2D eigenvalue weighted by atomic mass is 35.5. The Bertz CT molecular complexity index is 2510. The van der Waals surface area contributed by atoms with E-state index in [0.29, 0.717) is 79.2 Å². The minimum absolute atomic E-state index is 0.0371. The molecule has 57 heavy (non-hydrogen) atoms. The predicted octanol–water partition coefficient (Wildman–Crippen LogP) is 3.82. The lowest BCUT2D eigenvalue weighted by atomic mass is 9.86. The molecule has 5 aromatic rings. The monoisotopic (exact) mass is 846 g/mol. The molecule has 2 unspecified atom stereocenters. The quantitative estimate of drug-likeness (QED) is 0.0980. The number of carbonyl (C=O) groups is 2. The normalized spacial score (nSPS) is 16.6. The van der Waals surface area contributed by atoms with E-state index in [1.54, 1.807) is 0 Å². The Hall–Kier alpha value is -4.88. The van der Waals surface area contributed by atoms with Gasteiger partial charge in [-0.25, -0.2) is 41.2 Å². The van der Waals surface area contributed by atoms with Crippen LogP contribution in [0.4, 0.5) is 4.39 Å². The SMILES string of the molecule is COc1cc(F)ccc1Oc1ncnc2[nH]c3c(c12)CC(C(=O)NCCCS(C)(=O)=O)CC3.CS(=O)(=O)CCCNC(=O)C1CCc2[nH]c3ncnc(Cl)c3c2C1. The predicted molar refractivity (Wildman–Crippen MR) is 212 cm³/mol. The summed E-state index contributed by atoms with van der Waals surface area (Å²) in [5.74, 6) is -0.0588. The summed E-state index contributed by atoms with van der Waals surface area (Å²) < 4.78 is 69.5. The van der Waals surface area contributed by atoms with Gasteiger partial charge in [-0.05, 0) is 74.6 Å². The molecular formula is C37H44ClFN8O8S2. The number of methoxy groups -OCH3 is 1. The van der Waals surface area contributed by atoms with Crippen molar-refractivity contribution in [1.82, 2.24) is 40.5 Å². The molecule has 2 aliphatic carbocycles. The van der Waals surface area contributed by atoms with E-state index >= 15 is 0 Å². The summed E-state index contributed by atoms with van der Waals surface area (Å²) in [6.07, 6.45) is 9.83. The second-order valence-corrected chi connectivity index (χ2v) is 19.2. The molecule has 20 heteroatoms. The van der Waals surface area contributed by atoms with Crippen molar-refractivity contribution in [1.29, 1.82) is 0 Å². The summed E-state index contributed by atoms with van der Waals surface area (Å²) in [5.41, 5.74) is 5.26. The molecule has 2 aliphatic rings. The Balaban J connectivity index is 0.000000203. The lowest BCUT2D eigenvalue weighted by molar-refractivity contribution is -0.126. The Morgan fingerprint density at radius 2 is 1.33 bits per heavy atom. The van der Waals surface area contributed by atoms with Crippen molar-refractivity contribution in [2.24, 2.45) is 11.8 Å². The van der Waals surface area contributed by atoms with Crippen molar-refractivity contribution in [3.63, 3.8) is 0 Å². The molecule has 2 atom stereocenters. The largest absolute Gasteiger partial charge is 0.493 e. The van der Waals surface area contributed by atoms with Crippen LogP contribution in [-0.4, -0.2) is 103 Å². The molecule has 0 saturated heterocycles. The number of rotatable bonds is 13. The molecule has 4 N–H and O–H groups in total. The number of H-pyrrole nitrogens is 2. The van der Waals surface area contributed by atoms with Crippen LogP contribution in [0.1, 0.15) is 48.2 Å². The maximum Gasteiger partial charge on any atom is 0.232 e. The van der Waals surface area contributed by atoms with Crippen LogP contribution < -0.4 is 20.1 Å². The van der Waals surface area contributed by atoms with Gasteiger partial charge < -0.3 is 30.1 Å². The smallest absolute Gasteiger partial charge is 0.232 e. The van der Waals surface area contributed by atoms with Gasteiger partial charge in [0.25, 0.3) is 0 Å². The summed E-state index contributed by atoms with van der Waals surface area (Å²) in [7, 11) is -4.62. The molecule has 0 radical (unpaired) electrons. The van der Waals surface area contributed by atoms with Gasteiger partial charge in [0.15, 0.2) is 11.5 Å². The lowest BCUT2D eigenvalue weighted by Crippen LogP contribution is -2.35. The first-order chi connectivity index (χ1) is 27.1. The molecule has 2 amide bonds. The van der Waals surface area contributed by atoms with Crippen LogP contribution in [0, 0.1) is 17.7 Å². The Kier molecular flexibility index (Phi) is 13.0. The van der Waals surface area contributed by atoms with Gasteiger partial charge in [0.05, 0.1) is 29.4 Å². The highest BCUT2D eigenvalue weighted by Gasteiger charge is 2.31. The average Bonchev–Trinajstić information content (AvgIpc) is 3.74. The first-order valence-corrected chi connectivity index (χ1v) is 22.9. The van der Waals surface area contributed by atoms with Gasteiger partial charge in [-0.3, -0.25) is 9.59 Å². The molecule has 0 saturated carbocycles. The molecule has 4 heterocycles. The number of hydrogen-bond donors (Lipinski definition) is 4. The highest BCUT2D eigenvalue weighted by molar-refractivity contribution is 7.90. The van der Waals surface area contributed by atoms with Crippen LogP contribution in [0.2, 0.25) is 5.15 Å². The minimum atomic E-state index is -3.05. The fourth-order valence-electron chi connectivity index (χ4n) is 7.15. The number of aryl methyl sites for hydroxylation is 2. The first kappa shape index (κ1) is 41.7. The Morgan fingerprint density at radius 3 is 1.88 bits per heavy atom. The maximum absolute atomic E-state index is 13.6. The number of hydrogen-bond acceptors (Lipinski definition) is 12. The van der Waals surface area contributed by atoms with E-state index in [-0.39, 0.29) is 46.8 Å². The van der Waals surface area contributed by atoms with Crippen molar-refractivity contribution < 1.29 is 40.3 Å². The van der Waals surface area contributed by atoms with Gasteiger partial charge in [0.1, 0.15) is 54.6 Å². The highest BCUT2D eigenvalue weighted by Crippen LogP contribution is 2.39. The average molecular weight is 847 g/mol. The summed E-state index contributed by atoms with van der Waals surface area (Å²) in [5, 5.41) is 7.54. The third-order valence-electron chi connectivity index (χ3n) is 9.93. The topological polar surface area (TPSA) is 228 Å². The molecule has 1 aromatic carbocycles. The number of sulfone groups is 2. The van der Waals surface area contributed by atoms with Crippen molar-refractivity contribution in [3.05, 3.63) is 64.3 Å². The minimum Gasteiger partial charge on any atom is -0.493 e. The third-order valence-corrected chi connectivity index (χ3v) is 12.3. The number of ether oxygens (including phenoxy) is 2. The standard InChI is InChI=1S/C22H25FN4O5S.C15H19ClN4O3S/c1-31-18-11-14(23)5-7-17(18)32-22-19-15-10-13(21(28)24-8-3-9-33(2,29)30)4-6-16(15)27-20(19)25-12-26-22;1-24(22,23)6-2-5-17-15(21)9-3-4-11-10(7-9)12-13(16)18-8-19-14(12)20-11/h5,7,11-13H,3-4,6,8-10H2,1-2H3,(H,24,28)(H,25,26,27);8-9H,2-7H2,1H3,(H,17,21)(H,18,19,20). The second kappa shape index (κ2) is 17.7. The molecule has 306 valence electrons. The van der Waals surface area contributed by atoms with E-state index in [2.05, 4.69) is 40.5 Å². The molecule has 0 aliphatic heterocycles. The Labute approximate surface area is 334 Å². The summed E-state index contributed by atoms with van der Waals surface area (Å²) in [6.45, 7) is 0.679. The molecule has 16 nitrogen and oxygen atoms in total. The van der Waals surface area contributed by atoms with Crippen LogP contribution in [0.3, 0.4) is 0 Å². The molecule has 7 rings (SSSR count). The molecule has 0 fully saturated rings. The molecule has 0 spiro atoms. The van der Waals surface area contributed by atoms with Crippen molar-refractivity contribution in [3.8, 4) is 17.4 Å². The van der Waals surface area contributed by atoms with Crippen LogP contribution >= 0.6 is 11.6 Å². The van der Waals surface area contributed by atoms with E-state index in [4.69, 9.17) is 21.1 Å². The third kappa shape index (κ3) is 10.6.